The van der Waals surface area contributed by atoms with Crippen LogP contribution in [0.2, 0.25) is 0 Å². The molecule has 0 bridgehead atoms. The topological polar surface area (TPSA) is 84.1 Å². The maximum atomic E-state index is 12.9. The van der Waals surface area contributed by atoms with Crippen molar-refractivity contribution in [2.24, 2.45) is 0 Å². The summed E-state index contributed by atoms with van der Waals surface area (Å²) >= 11 is 0. The number of benzene rings is 1. The van der Waals surface area contributed by atoms with Crippen LogP contribution in [0.5, 0.6) is 5.75 Å². The van der Waals surface area contributed by atoms with E-state index < -0.39 is 5.82 Å². The minimum absolute atomic E-state index is 0.112. The molecule has 0 atom stereocenters. The molecule has 3 aromatic rings. The van der Waals surface area contributed by atoms with E-state index in [9.17, 15) is 9.50 Å². The standard InChI is InChI=1S/C14H11FN4O2/c15-10-4-3-9(12(20)6-10)7-17-13-11(2-1-5-16-13)14-18-8-21-19-14/h1-6,8,20H,7H2,(H,16,17). The lowest BCUT2D eigenvalue weighted by Crippen LogP contribution is -2.03. The van der Waals surface area contributed by atoms with Crippen molar-refractivity contribution >= 4 is 5.82 Å². The van der Waals surface area contributed by atoms with Crippen molar-refractivity contribution in [1.82, 2.24) is 15.1 Å². The summed E-state index contributed by atoms with van der Waals surface area (Å²) in [6.45, 7) is 0.286. The normalized spacial score (nSPS) is 10.5. The second-order valence-electron chi connectivity index (χ2n) is 4.28. The molecule has 0 saturated carbocycles. The van der Waals surface area contributed by atoms with Crippen LogP contribution in [0.3, 0.4) is 0 Å². The van der Waals surface area contributed by atoms with Gasteiger partial charge in [-0.2, -0.15) is 4.98 Å². The van der Waals surface area contributed by atoms with Crippen LogP contribution >= 0.6 is 0 Å². The zero-order chi connectivity index (χ0) is 14.7. The van der Waals surface area contributed by atoms with Gasteiger partial charge in [0, 0.05) is 24.4 Å². The third kappa shape index (κ3) is 2.81. The largest absolute Gasteiger partial charge is 0.507 e. The minimum Gasteiger partial charge on any atom is -0.507 e. The van der Waals surface area contributed by atoms with Gasteiger partial charge in [0.2, 0.25) is 12.2 Å². The minimum atomic E-state index is -0.485. The number of phenols is 1. The van der Waals surface area contributed by atoms with E-state index in [1.165, 1.54) is 18.5 Å². The van der Waals surface area contributed by atoms with Gasteiger partial charge in [0.25, 0.3) is 0 Å². The first-order valence-corrected chi connectivity index (χ1v) is 6.17. The van der Waals surface area contributed by atoms with Crippen LogP contribution in [0.15, 0.2) is 47.4 Å². The van der Waals surface area contributed by atoms with Crippen molar-refractivity contribution in [3.63, 3.8) is 0 Å². The average Bonchev–Trinajstić information content (AvgIpc) is 3.01. The highest BCUT2D eigenvalue weighted by atomic mass is 19.1. The van der Waals surface area contributed by atoms with Crippen LogP contribution < -0.4 is 5.32 Å². The van der Waals surface area contributed by atoms with Crippen molar-refractivity contribution in [1.29, 1.82) is 0 Å². The van der Waals surface area contributed by atoms with E-state index in [0.717, 1.165) is 6.07 Å². The summed E-state index contributed by atoms with van der Waals surface area (Å²) in [5.41, 5.74) is 1.23. The summed E-state index contributed by atoms with van der Waals surface area (Å²) in [6, 6.07) is 7.41. The molecular formula is C14H11FN4O2. The number of nitrogens with one attached hydrogen (secondary N) is 1. The van der Waals surface area contributed by atoms with Gasteiger partial charge in [0.1, 0.15) is 17.4 Å². The van der Waals surface area contributed by atoms with E-state index in [2.05, 4.69) is 20.4 Å². The van der Waals surface area contributed by atoms with E-state index in [0.29, 0.717) is 22.8 Å². The van der Waals surface area contributed by atoms with Crippen molar-refractivity contribution in [2.45, 2.75) is 6.54 Å². The third-order valence-corrected chi connectivity index (χ3v) is 2.90. The highest BCUT2D eigenvalue weighted by Crippen LogP contribution is 2.24. The predicted octanol–water partition coefficient (Wildman–Crippen LogP) is 2.59. The van der Waals surface area contributed by atoms with E-state index in [1.807, 2.05) is 0 Å². The van der Waals surface area contributed by atoms with Gasteiger partial charge in [-0.1, -0.05) is 11.2 Å². The molecule has 0 fully saturated rings. The lowest BCUT2D eigenvalue weighted by atomic mass is 10.2. The highest BCUT2D eigenvalue weighted by molar-refractivity contribution is 5.69. The Morgan fingerprint density at radius 2 is 2.14 bits per heavy atom. The number of phenolic OH excluding ortho intramolecular Hbond substituents is 1. The zero-order valence-corrected chi connectivity index (χ0v) is 10.8. The SMILES string of the molecule is Oc1cc(F)ccc1CNc1ncccc1-c1ncon1. The summed E-state index contributed by atoms with van der Waals surface area (Å²) in [6.07, 6.45) is 2.86. The van der Waals surface area contributed by atoms with Gasteiger partial charge in [0.05, 0.1) is 5.56 Å². The number of pyridine rings is 1. The Morgan fingerprint density at radius 1 is 1.24 bits per heavy atom. The molecule has 0 unspecified atom stereocenters. The number of halogens is 1. The Hall–Kier alpha value is -2.96. The molecule has 0 aliphatic rings. The number of anilines is 1. The van der Waals surface area contributed by atoms with Gasteiger partial charge in [-0.25, -0.2) is 9.37 Å². The Morgan fingerprint density at radius 3 is 2.90 bits per heavy atom. The van der Waals surface area contributed by atoms with Gasteiger partial charge < -0.3 is 14.9 Å². The van der Waals surface area contributed by atoms with Crippen LogP contribution in [0.1, 0.15) is 5.56 Å². The Bertz CT molecular complexity index is 746. The van der Waals surface area contributed by atoms with Gasteiger partial charge in [-0.05, 0) is 18.2 Å². The molecule has 0 amide bonds. The van der Waals surface area contributed by atoms with Crippen LogP contribution in [-0.4, -0.2) is 20.2 Å². The molecule has 7 heteroatoms. The second kappa shape index (κ2) is 5.58. The number of hydrogen-bond acceptors (Lipinski definition) is 6. The quantitative estimate of drug-likeness (QED) is 0.767. The zero-order valence-electron chi connectivity index (χ0n) is 10.8. The van der Waals surface area contributed by atoms with Crippen LogP contribution in [0, 0.1) is 5.82 Å². The predicted molar refractivity (Wildman–Crippen MR) is 72.9 cm³/mol. The van der Waals surface area contributed by atoms with Gasteiger partial charge >= 0.3 is 0 Å². The summed E-state index contributed by atoms with van der Waals surface area (Å²) in [5.74, 6) is 0.359. The summed E-state index contributed by atoms with van der Waals surface area (Å²) in [7, 11) is 0. The van der Waals surface area contributed by atoms with Crippen molar-refractivity contribution in [3.05, 3.63) is 54.3 Å². The Labute approximate surface area is 119 Å². The highest BCUT2D eigenvalue weighted by Gasteiger charge is 2.11. The fourth-order valence-corrected chi connectivity index (χ4v) is 1.88. The number of nitrogens with zero attached hydrogens (tertiary/aromatic N) is 3. The van der Waals surface area contributed by atoms with Crippen molar-refractivity contribution in [3.8, 4) is 17.1 Å². The molecule has 0 radical (unpaired) electrons. The van der Waals surface area contributed by atoms with Crippen LogP contribution in [-0.2, 0) is 6.54 Å². The van der Waals surface area contributed by atoms with Crippen molar-refractivity contribution in [2.75, 3.05) is 5.32 Å². The molecule has 2 heterocycles. The Kier molecular flexibility index (Phi) is 3.46. The fourth-order valence-electron chi connectivity index (χ4n) is 1.88. The number of hydrogen-bond donors (Lipinski definition) is 2. The van der Waals surface area contributed by atoms with E-state index >= 15 is 0 Å². The van der Waals surface area contributed by atoms with Crippen LogP contribution in [0.4, 0.5) is 10.2 Å². The smallest absolute Gasteiger partial charge is 0.214 e. The summed E-state index contributed by atoms with van der Waals surface area (Å²) in [4.78, 5) is 8.18. The molecule has 0 aliphatic carbocycles. The first kappa shape index (κ1) is 13.0. The Balaban J connectivity index is 1.83. The first-order chi connectivity index (χ1) is 10.2. The lowest BCUT2D eigenvalue weighted by molar-refractivity contribution is 0.419. The molecule has 2 aromatic heterocycles. The molecular weight excluding hydrogens is 275 g/mol. The maximum Gasteiger partial charge on any atom is 0.214 e. The van der Waals surface area contributed by atoms with Crippen LogP contribution in [0.25, 0.3) is 11.4 Å². The second-order valence-corrected chi connectivity index (χ2v) is 4.28. The van der Waals surface area contributed by atoms with E-state index in [-0.39, 0.29) is 12.3 Å². The number of aromatic nitrogens is 3. The molecule has 1 aromatic carbocycles. The van der Waals surface area contributed by atoms with Crippen molar-refractivity contribution < 1.29 is 14.0 Å². The third-order valence-electron chi connectivity index (χ3n) is 2.90. The number of aromatic hydroxyl groups is 1. The van der Waals surface area contributed by atoms with Gasteiger partial charge in [-0.15, -0.1) is 0 Å². The first-order valence-electron chi connectivity index (χ1n) is 6.17. The molecule has 21 heavy (non-hydrogen) atoms. The molecule has 2 N–H and O–H groups in total. The summed E-state index contributed by atoms with van der Waals surface area (Å²) < 4.78 is 17.7. The average molecular weight is 286 g/mol. The monoisotopic (exact) mass is 286 g/mol. The molecule has 3 rings (SSSR count). The fraction of sp³-hybridized carbons (Fsp3) is 0.0714. The van der Waals surface area contributed by atoms with Gasteiger partial charge in [0.15, 0.2) is 0 Å². The van der Waals surface area contributed by atoms with E-state index in [4.69, 9.17) is 4.52 Å². The molecule has 0 spiro atoms. The molecule has 106 valence electrons. The summed E-state index contributed by atoms with van der Waals surface area (Å²) in [5, 5.41) is 16.5. The molecule has 6 nitrogen and oxygen atoms in total. The van der Waals surface area contributed by atoms with Gasteiger partial charge in [-0.3, -0.25) is 0 Å². The maximum absolute atomic E-state index is 12.9. The van der Waals surface area contributed by atoms with E-state index in [1.54, 1.807) is 18.3 Å². The number of rotatable bonds is 4. The molecule has 0 aliphatic heterocycles. The molecule has 0 saturated heterocycles. The lowest BCUT2D eigenvalue weighted by Gasteiger charge is -2.09.